The SMILES string of the molecule is CC/C=C\C/C=C\CC(O)/C=C/C=C\C/C=C\C/C=C\CCC(=O)OC[C@H](COP(=O)(O)OC[C@@H](O)CO)OC(=O)CCCCCCCCC/C=C\CCCCCC. The molecule has 4 atom stereocenters. The summed E-state index contributed by atoms with van der Waals surface area (Å²) in [5, 5.41) is 28.3. The van der Waals surface area contributed by atoms with Crippen LogP contribution in [-0.4, -0.2) is 76.9 Å². The molecule has 332 valence electrons. The van der Waals surface area contributed by atoms with E-state index in [0.29, 0.717) is 25.7 Å². The lowest BCUT2D eigenvalue weighted by Crippen LogP contribution is -2.29. The van der Waals surface area contributed by atoms with Crippen LogP contribution in [0.4, 0.5) is 0 Å². The molecular formula is C46H77O11P. The number of phosphoric acid groups is 1. The Labute approximate surface area is 350 Å². The first-order chi connectivity index (χ1) is 28.1. The number of unbranched alkanes of at least 4 members (excludes halogenated alkanes) is 11. The molecular weight excluding hydrogens is 759 g/mol. The van der Waals surface area contributed by atoms with Crippen LogP contribution in [0.15, 0.2) is 85.1 Å². The van der Waals surface area contributed by atoms with Crippen LogP contribution < -0.4 is 0 Å². The summed E-state index contributed by atoms with van der Waals surface area (Å²) in [6.07, 6.45) is 44.4. The molecule has 0 heterocycles. The second-order valence-electron chi connectivity index (χ2n) is 14.2. The summed E-state index contributed by atoms with van der Waals surface area (Å²) < 4.78 is 32.6. The van der Waals surface area contributed by atoms with Crippen LogP contribution in [0.25, 0.3) is 0 Å². The quantitative estimate of drug-likeness (QED) is 0.0153. The molecule has 11 nitrogen and oxygen atoms in total. The fraction of sp³-hybridized carbons (Fsp3) is 0.652. The number of hydrogen-bond acceptors (Lipinski definition) is 10. The molecule has 0 aliphatic carbocycles. The van der Waals surface area contributed by atoms with Crippen LogP contribution in [0.1, 0.15) is 149 Å². The van der Waals surface area contributed by atoms with E-state index in [4.69, 9.17) is 19.1 Å². The minimum atomic E-state index is -4.65. The van der Waals surface area contributed by atoms with E-state index in [1.165, 1.54) is 44.9 Å². The fourth-order valence-electron chi connectivity index (χ4n) is 5.27. The molecule has 2 unspecified atom stereocenters. The number of carbonyl (C=O) groups excluding carboxylic acids is 2. The zero-order chi connectivity index (χ0) is 42.8. The van der Waals surface area contributed by atoms with Gasteiger partial charge in [-0.3, -0.25) is 18.6 Å². The highest BCUT2D eigenvalue weighted by molar-refractivity contribution is 7.47. The molecule has 0 aliphatic heterocycles. The van der Waals surface area contributed by atoms with Gasteiger partial charge in [0.05, 0.1) is 25.9 Å². The molecule has 0 aromatic rings. The average Bonchev–Trinajstić information content (AvgIpc) is 3.21. The van der Waals surface area contributed by atoms with Crippen molar-refractivity contribution in [1.82, 2.24) is 0 Å². The standard InChI is InChI=1S/C46H77O11P/c1-3-5-7-9-11-12-13-14-15-16-17-22-25-29-33-37-46(51)57-44(41-56-58(52,53)55-39-43(49)38-47)40-54-45(50)36-32-28-24-21-19-18-20-23-27-31-35-42(48)34-30-26-10-8-6-4-2/h6,8,12-13,18-19,23-24,26-28,30-31,35,42-44,47-49H,3-5,7,9-11,14-17,20-22,25,29,32-34,36-41H2,1-2H3,(H,52,53)/b8-6-,13-12-,19-18-,27-23-,28-24-,30-26-,35-31+/t42?,43-,44+/m0/s1. The van der Waals surface area contributed by atoms with E-state index in [1.54, 1.807) is 6.08 Å². The van der Waals surface area contributed by atoms with E-state index in [0.717, 1.165) is 51.4 Å². The smallest absolute Gasteiger partial charge is 0.462 e. The Bertz CT molecular complexity index is 1250. The lowest BCUT2D eigenvalue weighted by atomic mass is 10.1. The van der Waals surface area contributed by atoms with Crippen molar-refractivity contribution in [2.45, 2.75) is 167 Å². The Morgan fingerprint density at radius 3 is 1.84 bits per heavy atom. The maximum atomic E-state index is 12.6. The molecule has 0 fully saturated rings. The van der Waals surface area contributed by atoms with Crippen molar-refractivity contribution in [3.8, 4) is 0 Å². The van der Waals surface area contributed by atoms with Gasteiger partial charge < -0.3 is 29.7 Å². The van der Waals surface area contributed by atoms with E-state index in [2.05, 4.69) is 48.8 Å². The van der Waals surface area contributed by atoms with Gasteiger partial charge in [-0.15, -0.1) is 0 Å². The number of carbonyl (C=O) groups is 2. The summed E-state index contributed by atoms with van der Waals surface area (Å²) in [5.41, 5.74) is 0. The molecule has 0 bridgehead atoms. The zero-order valence-electron chi connectivity index (χ0n) is 35.6. The van der Waals surface area contributed by atoms with Crippen molar-refractivity contribution in [3.05, 3.63) is 85.1 Å². The van der Waals surface area contributed by atoms with Crippen LogP contribution in [0.5, 0.6) is 0 Å². The molecule has 0 amide bonds. The van der Waals surface area contributed by atoms with Crippen molar-refractivity contribution in [1.29, 1.82) is 0 Å². The van der Waals surface area contributed by atoms with E-state index in [1.807, 2.05) is 48.6 Å². The van der Waals surface area contributed by atoms with Crippen LogP contribution >= 0.6 is 7.82 Å². The van der Waals surface area contributed by atoms with Gasteiger partial charge in [-0.2, -0.15) is 0 Å². The molecule has 58 heavy (non-hydrogen) atoms. The predicted octanol–water partition coefficient (Wildman–Crippen LogP) is 10.4. The number of ether oxygens (including phenoxy) is 2. The van der Waals surface area contributed by atoms with Crippen molar-refractivity contribution in [2.24, 2.45) is 0 Å². The van der Waals surface area contributed by atoms with Gasteiger partial charge in [-0.1, -0.05) is 150 Å². The van der Waals surface area contributed by atoms with Crippen LogP contribution in [0.3, 0.4) is 0 Å². The minimum absolute atomic E-state index is 0.0881. The molecule has 0 spiro atoms. The first-order valence-corrected chi connectivity index (χ1v) is 23.1. The molecule has 0 aromatic carbocycles. The summed E-state index contributed by atoms with van der Waals surface area (Å²) in [4.78, 5) is 35.0. The monoisotopic (exact) mass is 837 g/mol. The molecule has 12 heteroatoms. The van der Waals surface area contributed by atoms with E-state index < -0.39 is 57.9 Å². The van der Waals surface area contributed by atoms with Crippen LogP contribution in [0.2, 0.25) is 0 Å². The van der Waals surface area contributed by atoms with Gasteiger partial charge in [-0.05, 0) is 70.6 Å². The summed E-state index contributed by atoms with van der Waals surface area (Å²) in [7, 11) is -4.65. The Balaban J connectivity index is 4.50. The maximum Gasteiger partial charge on any atom is 0.472 e. The molecule has 0 saturated heterocycles. The van der Waals surface area contributed by atoms with Crippen molar-refractivity contribution in [3.63, 3.8) is 0 Å². The lowest BCUT2D eigenvalue weighted by molar-refractivity contribution is -0.161. The molecule has 0 aliphatic rings. The number of allylic oxidation sites excluding steroid dienone is 12. The first kappa shape index (κ1) is 55.1. The number of esters is 2. The third-order valence-electron chi connectivity index (χ3n) is 8.63. The van der Waals surface area contributed by atoms with Crippen LogP contribution in [0, 0.1) is 0 Å². The Morgan fingerprint density at radius 2 is 1.17 bits per heavy atom. The largest absolute Gasteiger partial charge is 0.472 e. The number of aliphatic hydroxyl groups is 3. The molecule has 0 saturated carbocycles. The van der Waals surface area contributed by atoms with E-state index in [-0.39, 0.29) is 19.4 Å². The Hall–Kier alpha value is -2.89. The van der Waals surface area contributed by atoms with Gasteiger partial charge in [0.2, 0.25) is 0 Å². The third kappa shape index (κ3) is 39.9. The van der Waals surface area contributed by atoms with Crippen molar-refractivity contribution in [2.75, 3.05) is 26.4 Å². The Kier molecular flexibility index (Phi) is 38.8. The van der Waals surface area contributed by atoms with Crippen molar-refractivity contribution < 1.29 is 52.9 Å². The van der Waals surface area contributed by atoms with Gasteiger partial charge >= 0.3 is 19.8 Å². The molecule has 4 N–H and O–H groups in total. The maximum absolute atomic E-state index is 12.6. The van der Waals surface area contributed by atoms with Gasteiger partial charge in [0, 0.05) is 12.8 Å². The topological polar surface area (TPSA) is 169 Å². The Morgan fingerprint density at radius 1 is 0.603 bits per heavy atom. The summed E-state index contributed by atoms with van der Waals surface area (Å²) in [5.74, 6) is -1.07. The summed E-state index contributed by atoms with van der Waals surface area (Å²) >= 11 is 0. The van der Waals surface area contributed by atoms with Gasteiger partial charge in [0.25, 0.3) is 0 Å². The van der Waals surface area contributed by atoms with Crippen LogP contribution in [-0.2, 0) is 32.7 Å². The third-order valence-corrected chi connectivity index (χ3v) is 9.58. The lowest BCUT2D eigenvalue weighted by Gasteiger charge is -2.20. The van der Waals surface area contributed by atoms with Gasteiger partial charge in [0.15, 0.2) is 6.10 Å². The normalized spacial score (nSPS) is 15.2. The first-order valence-electron chi connectivity index (χ1n) is 21.7. The average molecular weight is 837 g/mol. The van der Waals surface area contributed by atoms with Gasteiger partial charge in [0.1, 0.15) is 12.7 Å². The van der Waals surface area contributed by atoms with Gasteiger partial charge in [-0.25, -0.2) is 4.57 Å². The predicted molar refractivity (Wildman–Crippen MR) is 234 cm³/mol. The number of phosphoric ester groups is 1. The molecule has 0 aromatic heterocycles. The number of rotatable bonds is 39. The highest BCUT2D eigenvalue weighted by Crippen LogP contribution is 2.43. The van der Waals surface area contributed by atoms with E-state index in [9.17, 15) is 29.3 Å². The fourth-order valence-corrected chi connectivity index (χ4v) is 6.06. The highest BCUT2D eigenvalue weighted by Gasteiger charge is 2.27. The molecule has 0 radical (unpaired) electrons. The number of aliphatic hydroxyl groups excluding tert-OH is 3. The molecule has 0 rings (SSSR count). The number of hydrogen-bond donors (Lipinski definition) is 4. The second-order valence-corrected chi connectivity index (χ2v) is 15.6. The summed E-state index contributed by atoms with van der Waals surface area (Å²) in [6, 6.07) is 0. The highest BCUT2D eigenvalue weighted by atomic mass is 31.2. The van der Waals surface area contributed by atoms with Crippen molar-refractivity contribution >= 4 is 19.8 Å². The summed E-state index contributed by atoms with van der Waals surface area (Å²) in [6.45, 7) is 2.06. The zero-order valence-corrected chi connectivity index (χ0v) is 36.5. The second kappa shape index (κ2) is 40.9. The minimum Gasteiger partial charge on any atom is -0.462 e. The van der Waals surface area contributed by atoms with E-state index >= 15 is 0 Å².